The molecule has 60 heavy (non-hydrogen) atoms. The molecule has 23 heteroatoms. The van der Waals surface area contributed by atoms with Gasteiger partial charge in [-0.05, 0) is 40.0 Å². The highest BCUT2D eigenvalue weighted by Crippen LogP contribution is 2.35. The summed E-state index contributed by atoms with van der Waals surface area (Å²) in [5.74, 6) is -7.50. The Morgan fingerprint density at radius 1 is 0.567 bits per heavy atom. The molecule has 0 aromatic carbocycles. The highest BCUT2D eigenvalue weighted by atomic mass is 16.8. The average Bonchev–Trinajstić information content (AvgIpc) is 3.08. The van der Waals surface area contributed by atoms with E-state index in [1.54, 1.807) is 20.8 Å². The first-order valence-corrected chi connectivity index (χ1v) is 18.8. The molecule has 11 atom stereocenters. The summed E-state index contributed by atoms with van der Waals surface area (Å²) in [6, 6.07) is -1.31. The number of amides is 1. The van der Waals surface area contributed by atoms with E-state index in [1.807, 2.05) is 0 Å². The van der Waals surface area contributed by atoms with Crippen molar-refractivity contribution in [3.63, 3.8) is 0 Å². The number of hydrogen-bond acceptors (Lipinski definition) is 21. The minimum atomic E-state index is -1.86. The van der Waals surface area contributed by atoms with E-state index < -0.39 is 140 Å². The summed E-state index contributed by atoms with van der Waals surface area (Å²) in [7, 11) is 0. The third kappa shape index (κ3) is 17.6. The van der Waals surface area contributed by atoms with Crippen molar-refractivity contribution >= 4 is 53.8 Å². The molecular weight excluding hydrogens is 810 g/mol. The minimum absolute atomic E-state index is 0.0477. The van der Waals surface area contributed by atoms with E-state index in [0.29, 0.717) is 0 Å². The molecule has 0 aromatic heterocycles. The summed E-state index contributed by atoms with van der Waals surface area (Å²) in [5, 5.41) is 11.9. The van der Waals surface area contributed by atoms with E-state index in [4.69, 9.17) is 56.8 Å². The first-order valence-electron chi connectivity index (χ1n) is 18.8. The summed E-state index contributed by atoms with van der Waals surface area (Å²) >= 11 is 0. The topological polar surface area (TPSA) is 297 Å². The van der Waals surface area contributed by atoms with Crippen LogP contribution in [0.5, 0.6) is 0 Å². The van der Waals surface area contributed by atoms with Gasteiger partial charge in [0.2, 0.25) is 0 Å². The second kappa shape index (κ2) is 23.6. The number of carboxylic acid groups (broad SMARTS) is 1. The second-order valence-electron chi connectivity index (χ2n) is 14.6. The molecule has 0 spiro atoms. The van der Waals surface area contributed by atoms with Crippen LogP contribution in [0.3, 0.4) is 0 Å². The number of unbranched alkanes of at least 4 members (excludes halogenated alkanes) is 1. The summed E-state index contributed by atoms with van der Waals surface area (Å²) in [6.07, 6.45) is -16.9. The van der Waals surface area contributed by atoms with Crippen molar-refractivity contribution in [2.45, 2.75) is 162 Å². The molecule has 2 saturated heterocycles. The number of carboxylic acids is 1. The second-order valence-corrected chi connectivity index (χ2v) is 14.6. The number of alkyl carbamates (subject to hydrolysis) is 1. The maximum absolute atomic E-state index is 12.6. The van der Waals surface area contributed by atoms with Gasteiger partial charge in [-0.2, -0.15) is 0 Å². The zero-order valence-electron chi connectivity index (χ0n) is 35.1. The molecule has 2 N–H and O–H groups in total. The van der Waals surface area contributed by atoms with E-state index in [-0.39, 0.29) is 25.9 Å². The molecule has 0 bridgehead atoms. The molecule has 0 unspecified atom stereocenters. The van der Waals surface area contributed by atoms with Gasteiger partial charge in [0.1, 0.15) is 43.2 Å². The maximum Gasteiger partial charge on any atom is 0.408 e. The number of nitrogens with one attached hydrogen (secondary N) is 1. The molecule has 0 radical (unpaired) electrons. The fourth-order valence-electron chi connectivity index (χ4n) is 5.96. The number of carbonyl (C=O) groups excluding carboxylic acids is 8. The lowest BCUT2D eigenvalue weighted by molar-refractivity contribution is -0.361. The smallest absolute Gasteiger partial charge is 0.408 e. The molecule has 2 aliphatic heterocycles. The van der Waals surface area contributed by atoms with Gasteiger partial charge in [-0.1, -0.05) is 0 Å². The molecule has 0 aliphatic carbocycles. The summed E-state index contributed by atoms with van der Waals surface area (Å²) in [6.45, 7) is 10.7. The highest BCUT2D eigenvalue weighted by Gasteiger charge is 2.57. The van der Waals surface area contributed by atoms with Crippen molar-refractivity contribution in [3.05, 3.63) is 0 Å². The van der Waals surface area contributed by atoms with Gasteiger partial charge in [0, 0.05) is 55.1 Å². The normalized spacial score (nSPS) is 26.8. The van der Waals surface area contributed by atoms with Crippen LogP contribution in [-0.4, -0.2) is 152 Å². The van der Waals surface area contributed by atoms with Gasteiger partial charge in [-0.3, -0.25) is 33.6 Å². The largest absolute Gasteiger partial charge is 0.480 e. The van der Waals surface area contributed by atoms with Gasteiger partial charge in [-0.25, -0.2) is 9.59 Å². The summed E-state index contributed by atoms with van der Waals surface area (Å²) in [4.78, 5) is 110. The zero-order chi connectivity index (χ0) is 45.5. The lowest BCUT2D eigenvalue weighted by Gasteiger charge is -2.48. The predicted octanol–water partition coefficient (Wildman–Crippen LogP) is 0.771. The number of rotatable bonds is 19. The molecular formula is C37H55NO22. The number of hydrogen-bond donors (Lipinski definition) is 2. The van der Waals surface area contributed by atoms with Crippen LogP contribution in [0, 0.1) is 0 Å². The molecule has 23 nitrogen and oxygen atoms in total. The SMILES string of the molecule is CC(=O)OC[C@H]1O[C@@H](O[C@H]2[C@H](OC(C)=O)[C@@H](OC(C)=O)[C@H](OCCCC[C@H](NC(=O)OC(C)(C)C)C(=O)O)O[C@@H]2COC(C)=O)[C@H](OC(C)=O)[C@@H](OC(C)=O)[C@H]1OC(C)=O. The Hall–Kier alpha value is -5.13. The number of aliphatic carboxylic acids is 1. The van der Waals surface area contributed by atoms with Gasteiger partial charge in [-0.15, -0.1) is 0 Å². The van der Waals surface area contributed by atoms with E-state index in [2.05, 4.69) is 5.32 Å². The van der Waals surface area contributed by atoms with Gasteiger partial charge in [0.25, 0.3) is 0 Å². The Morgan fingerprint density at radius 3 is 1.43 bits per heavy atom. The predicted molar refractivity (Wildman–Crippen MR) is 194 cm³/mol. The first kappa shape index (κ1) is 51.0. The molecule has 2 fully saturated rings. The molecule has 2 rings (SSSR count). The van der Waals surface area contributed by atoms with Crippen molar-refractivity contribution in [2.24, 2.45) is 0 Å². The molecule has 2 heterocycles. The Bertz CT molecular complexity index is 1540. The lowest BCUT2D eigenvalue weighted by atomic mass is 9.96. The maximum atomic E-state index is 12.6. The Labute approximate surface area is 345 Å². The Morgan fingerprint density at radius 2 is 0.983 bits per heavy atom. The van der Waals surface area contributed by atoms with E-state index in [0.717, 1.165) is 48.5 Å². The van der Waals surface area contributed by atoms with Crippen molar-refractivity contribution in [1.29, 1.82) is 0 Å². The first-order chi connectivity index (χ1) is 27.9. The van der Waals surface area contributed by atoms with E-state index >= 15 is 0 Å². The fourth-order valence-corrected chi connectivity index (χ4v) is 5.96. The van der Waals surface area contributed by atoms with E-state index in [9.17, 15) is 48.3 Å². The Kier molecular flexibility index (Phi) is 20.1. The molecule has 1 amide bonds. The zero-order valence-corrected chi connectivity index (χ0v) is 35.1. The number of ether oxygens (including phenoxy) is 12. The Balaban J connectivity index is 2.54. The molecule has 0 saturated carbocycles. The molecule has 2 aliphatic rings. The van der Waals surface area contributed by atoms with Crippen LogP contribution in [0.15, 0.2) is 0 Å². The van der Waals surface area contributed by atoms with Gasteiger partial charge in [0.15, 0.2) is 43.1 Å². The van der Waals surface area contributed by atoms with Crippen molar-refractivity contribution in [3.8, 4) is 0 Å². The monoisotopic (exact) mass is 865 g/mol. The van der Waals surface area contributed by atoms with Crippen molar-refractivity contribution in [2.75, 3.05) is 19.8 Å². The van der Waals surface area contributed by atoms with Crippen molar-refractivity contribution < 1.29 is 105 Å². The molecule has 340 valence electrons. The van der Waals surface area contributed by atoms with Crippen LogP contribution in [0.2, 0.25) is 0 Å². The van der Waals surface area contributed by atoms with Crippen molar-refractivity contribution in [1.82, 2.24) is 5.32 Å². The summed E-state index contributed by atoms with van der Waals surface area (Å²) < 4.78 is 67.4. The van der Waals surface area contributed by atoms with Crippen LogP contribution in [-0.2, 0) is 95.2 Å². The highest BCUT2D eigenvalue weighted by molar-refractivity contribution is 5.80. The third-order valence-corrected chi connectivity index (χ3v) is 8.04. The average molecular weight is 866 g/mol. The number of carbonyl (C=O) groups is 9. The van der Waals surface area contributed by atoms with Crippen LogP contribution in [0.25, 0.3) is 0 Å². The fraction of sp³-hybridized carbons (Fsp3) is 0.757. The summed E-state index contributed by atoms with van der Waals surface area (Å²) in [5.41, 5.74) is -0.872. The third-order valence-electron chi connectivity index (χ3n) is 8.04. The van der Waals surface area contributed by atoms with Crippen LogP contribution >= 0.6 is 0 Å². The van der Waals surface area contributed by atoms with Crippen LogP contribution in [0.1, 0.15) is 88.5 Å². The quantitative estimate of drug-likeness (QED) is 0.103. The van der Waals surface area contributed by atoms with Crippen LogP contribution < -0.4 is 5.32 Å². The minimum Gasteiger partial charge on any atom is -0.480 e. The standard InChI is InChI=1S/C37H55NO22/c1-17(39)50-15-25-27(52-19(3)41)29(53-20(4)42)32(56-23(7)45)35(58-25)59-28-26(16-51-18(2)40)57-34(31(55-22(6)44)30(28)54-21(5)43)49-14-12-11-13-24(33(46)47)38-36(48)60-37(8,9)10/h24-32,34-35H,11-16H2,1-10H3,(H,38,48)(H,46,47)/t24-,25+,26+,27-,28+,29-,30-,31+,32+,34+,35-/m0/s1. The van der Waals surface area contributed by atoms with Crippen LogP contribution in [0.4, 0.5) is 4.79 Å². The van der Waals surface area contributed by atoms with Gasteiger partial charge < -0.3 is 67.3 Å². The number of esters is 7. The molecule has 0 aromatic rings. The van der Waals surface area contributed by atoms with E-state index in [1.165, 1.54) is 0 Å². The lowest BCUT2D eigenvalue weighted by Crippen LogP contribution is -2.67. The van der Waals surface area contributed by atoms with Gasteiger partial charge >= 0.3 is 53.8 Å². The van der Waals surface area contributed by atoms with Gasteiger partial charge in [0.05, 0.1) is 0 Å².